The molecule has 0 fully saturated rings. The first-order valence-electron chi connectivity index (χ1n) is 6.05. The maximum atomic E-state index is 13.8. The van der Waals surface area contributed by atoms with E-state index >= 15 is 0 Å². The van der Waals surface area contributed by atoms with E-state index in [1.165, 1.54) is 13.0 Å². The number of anilines is 1. The van der Waals surface area contributed by atoms with Gasteiger partial charge >= 0.3 is 0 Å². The number of rotatable bonds is 3. The Bertz CT molecular complexity index is 643. The normalized spacial score (nSPS) is 12.3. The van der Waals surface area contributed by atoms with Crippen molar-refractivity contribution >= 4 is 21.6 Å². The van der Waals surface area contributed by atoms with Gasteiger partial charge in [-0.3, -0.25) is 0 Å². The fourth-order valence-corrected chi connectivity index (χ4v) is 2.24. The van der Waals surface area contributed by atoms with E-state index in [9.17, 15) is 13.2 Å². The van der Waals surface area contributed by atoms with Gasteiger partial charge in [-0.2, -0.15) is 0 Å². The average Bonchev–Trinajstić information content (AvgIpc) is 2.37. The second kappa shape index (κ2) is 5.87. The molecule has 0 saturated carbocycles. The van der Waals surface area contributed by atoms with Gasteiger partial charge in [-0.25, -0.2) is 13.2 Å². The van der Waals surface area contributed by atoms with Crippen LogP contribution in [0.5, 0.6) is 0 Å². The Morgan fingerprint density at radius 3 is 2.35 bits per heavy atom. The zero-order valence-corrected chi connectivity index (χ0v) is 12.6. The molecule has 0 spiro atoms. The summed E-state index contributed by atoms with van der Waals surface area (Å²) in [5, 5.41) is 2.84. The summed E-state index contributed by atoms with van der Waals surface area (Å²) in [5.74, 6) is -1.45. The highest BCUT2D eigenvalue weighted by Gasteiger charge is 2.15. The lowest BCUT2D eigenvalue weighted by molar-refractivity contribution is 0.569. The standard InChI is InChI=1S/C15H13BrF3N/c1-8-5-13(18)11(7-12(8)17)9(2)20-15-4-3-10(16)6-14(15)19/h3-7,9,20H,1-2H3. The summed E-state index contributed by atoms with van der Waals surface area (Å²) in [5.41, 5.74) is 0.643. The lowest BCUT2D eigenvalue weighted by Gasteiger charge is -2.17. The molecule has 0 saturated heterocycles. The highest BCUT2D eigenvalue weighted by Crippen LogP contribution is 2.26. The van der Waals surface area contributed by atoms with Gasteiger partial charge in [0.05, 0.1) is 11.7 Å². The van der Waals surface area contributed by atoms with Crippen LogP contribution in [-0.2, 0) is 0 Å². The van der Waals surface area contributed by atoms with Crippen LogP contribution in [-0.4, -0.2) is 0 Å². The monoisotopic (exact) mass is 343 g/mol. The fraction of sp³-hybridized carbons (Fsp3) is 0.200. The summed E-state index contributed by atoms with van der Waals surface area (Å²) in [6.07, 6.45) is 0. The Balaban J connectivity index is 2.28. The summed E-state index contributed by atoms with van der Waals surface area (Å²) >= 11 is 3.16. The molecule has 0 heterocycles. The lowest BCUT2D eigenvalue weighted by Crippen LogP contribution is -2.10. The maximum Gasteiger partial charge on any atom is 0.147 e. The van der Waals surface area contributed by atoms with Crippen molar-refractivity contribution in [1.82, 2.24) is 0 Å². The van der Waals surface area contributed by atoms with Gasteiger partial charge in [-0.05, 0) is 49.7 Å². The van der Waals surface area contributed by atoms with Crippen LogP contribution in [0.3, 0.4) is 0 Å². The van der Waals surface area contributed by atoms with Crippen molar-refractivity contribution in [3.05, 3.63) is 63.4 Å². The first kappa shape index (κ1) is 14.9. The minimum atomic E-state index is -0.555. The van der Waals surface area contributed by atoms with Gasteiger partial charge in [0.15, 0.2) is 0 Å². The Kier molecular flexibility index (Phi) is 4.38. The molecule has 5 heteroatoms. The van der Waals surface area contributed by atoms with Crippen molar-refractivity contribution in [1.29, 1.82) is 0 Å². The molecule has 0 aliphatic rings. The zero-order chi connectivity index (χ0) is 14.9. The molecule has 0 radical (unpaired) electrons. The molecule has 0 aliphatic heterocycles. The van der Waals surface area contributed by atoms with Gasteiger partial charge in [0.1, 0.15) is 17.5 Å². The van der Waals surface area contributed by atoms with Gasteiger partial charge in [0.2, 0.25) is 0 Å². The van der Waals surface area contributed by atoms with Crippen molar-refractivity contribution < 1.29 is 13.2 Å². The second-order valence-electron chi connectivity index (χ2n) is 4.61. The van der Waals surface area contributed by atoms with Crippen molar-refractivity contribution in [2.24, 2.45) is 0 Å². The third-order valence-electron chi connectivity index (χ3n) is 3.05. The SMILES string of the molecule is Cc1cc(F)c(C(C)Nc2ccc(Br)cc2F)cc1F. The molecular weight excluding hydrogens is 331 g/mol. The summed E-state index contributed by atoms with van der Waals surface area (Å²) in [6, 6.07) is 6.24. The molecule has 1 unspecified atom stereocenters. The molecule has 2 aromatic rings. The topological polar surface area (TPSA) is 12.0 Å². The van der Waals surface area contributed by atoms with Crippen LogP contribution >= 0.6 is 15.9 Å². The van der Waals surface area contributed by atoms with Crippen molar-refractivity contribution in [2.45, 2.75) is 19.9 Å². The molecule has 0 bridgehead atoms. The van der Waals surface area contributed by atoms with E-state index < -0.39 is 23.5 Å². The van der Waals surface area contributed by atoms with E-state index in [4.69, 9.17) is 0 Å². The highest BCUT2D eigenvalue weighted by atomic mass is 79.9. The molecule has 1 N–H and O–H groups in total. The first-order valence-corrected chi connectivity index (χ1v) is 6.85. The van der Waals surface area contributed by atoms with Crippen LogP contribution in [0.1, 0.15) is 24.1 Å². The predicted molar refractivity (Wildman–Crippen MR) is 77.2 cm³/mol. The number of benzene rings is 2. The molecule has 2 rings (SSSR count). The number of nitrogens with one attached hydrogen (secondary N) is 1. The highest BCUT2D eigenvalue weighted by molar-refractivity contribution is 9.10. The number of aryl methyl sites for hydroxylation is 1. The predicted octanol–water partition coefficient (Wildman–Crippen LogP) is 5.35. The van der Waals surface area contributed by atoms with E-state index in [1.54, 1.807) is 19.1 Å². The third kappa shape index (κ3) is 3.15. The van der Waals surface area contributed by atoms with Gasteiger partial charge in [-0.15, -0.1) is 0 Å². The fourth-order valence-electron chi connectivity index (χ4n) is 1.91. The minimum absolute atomic E-state index is 0.162. The number of hydrogen-bond acceptors (Lipinski definition) is 1. The molecular formula is C15H13BrF3N. The quantitative estimate of drug-likeness (QED) is 0.792. The van der Waals surface area contributed by atoms with Gasteiger partial charge in [0, 0.05) is 10.0 Å². The van der Waals surface area contributed by atoms with E-state index in [2.05, 4.69) is 21.2 Å². The van der Waals surface area contributed by atoms with E-state index in [1.807, 2.05) is 0 Å². The Morgan fingerprint density at radius 2 is 1.70 bits per heavy atom. The van der Waals surface area contributed by atoms with Crippen LogP contribution in [0, 0.1) is 24.4 Å². The van der Waals surface area contributed by atoms with Crippen molar-refractivity contribution in [2.75, 3.05) is 5.32 Å². The number of hydrogen-bond donors (Lipinski definition) is 1. The molecule has 106 valence electrons. The summed E-state index contributed by atoms with van der Waals surface area (Å²) in [6.45, 7) is 3.14. The molecule has 0 amide bonds. The summed E-state index contributed by atoms with van der Waals surface area (Å²) < 4.78 is 41.7. The van der Waals surface area contributed by atoms with E-state index in [0.29, 0.717) is 4.47 Å². The van der Waals surface area contributed by atoms with Crippen LogP contribution in [0.2, 0.25) is 0 Å². The smallest absolute Gasteiger partial charge is 0.147 e. The van der Waals surface area contributed by atoms with Crippen molar-refractivity contribution in [3.63, 3.8) is 0 Å². The molecule has 0 aromatic heterocycles. The van der Waals surface area contributed by atoms with Gasteiger partial charge in [-0.1, -0.05) is 15.9 Å². The molecule has 1 nitrogen and oxygen atoms in total. The Morgan fingerprint density at radius 1 is 1.00 bits per heavy atom. The largest absolute Gasteiger partial charge is 0.376 e. The minimum Gasteiger partial charge on any atom is -0.376 e. The molecule has 2 aromatic carbocycles. The second-order valence-corrected chi connectivity index (χ2v) is 5.53. The first-order chi connectivity index (χ1) is 9.38. The Hall–Kier alpha value is -1.49. The van der Waals surface area contributed by atoms with Crippen LogP contribution in [0.15, 0.2) is 34.8 Å². The zero-order valence-electron chi connectivity index (χ0n) is 11.0. The summed E-state index contributed by atoms with van der Waals surface area (Å²) in [7, 11) is 0. The van der Waals surface area contributed by atoms with Crippen LogP contribution in [0.25, 0.3) is 0 Å². The van der Waals surface area contributed by atoms with Gasteiger partial charge in [0.25, 0.3) is 0 Å². The van der Waals surface area contributed by atoms with Crippen LogP contribution in [0.4, 0.5) is 18.9 Å². The molecule has 0 aliphatic carbocycles. The van der Waals surface area contributed by atoms with Crippen molar-refractivity contribution in [3.8, 4) is 0 Å². The molecule has 1 atom stereocenters. The maximum absolute atomic E-state index is 13.8. The molecule has 20 heavy (non-hydrogen) atoms. The lowest BCUT2D eigenvalue weighted by atomic mass is 10.0. The summed E-state index contributed by atoms with van der Waals surface area (Å²) in [4.78, 5) is 0. The average molecular weight is 344 g/mol. The Labute approximate surface area is 123 Å². The van der Waals surface area contributed by atoms with E-state index in [-0.39, 0.29) is 16.8 Å². The number of halogens is 4. The van der Waals surface area contributed by atoms with Gasteiger partial charge < -0.3 is 5.32 Å². The van der Waals surface area contributed by atoms with Crippen LogP contribution < -0.4 is 5.32 Å². The third-order valence-corrected chi connectivity index (χ3v) is 3.54. The van der Waals surface area contributed by atoms with E-state index in [0.717, 1.165) is 12.1 Å².